The Labute approximate surface area is 122 Å². The van der Waals surface area contributed by atoms with Crippen LogP contribution >= 0.6 is 0 Å². The van der Waals surface area contributed by atoms with E-state index in [0.29, 0.717) is 18.5 Å². The Morgan fingerprint density at radius 3 is 2.81 bits per heavy atom. The standard InChI is InChI=1S/C15H18FN5/c1-10-11(8-18-15(17)19-13-4-5-13)9-21(20-10)14-6-2-12(16)3-7-14/h2-3,6-7,9,13H,4-5,8H2,1H3,(H3,17,18,19). The van der Waals surface area contributed by atoms with Gasteiger partial charge in [0.25, 0.3) is 0 Å². The smallest absolute Gasteiger partial charge is 0.189 e. The fraction of sp³-hybridized carbons (Fsp3) is 0.333. The van der Waals surface area contributed by atoms with Gasteiger partial charge in [-0.2, -0.15) is 5.10 Å². The van der Waals surface area contributed by atoms with Gasteiger partial charge in [-0.15, -0.1) is 0 Å². The van der Waals surface area contributed by atoms with E-state index in [-0.39, 0.29) is 5.82 Å². The van der Waals surface area contributed by atoms with Gasteiger partial charge < -0.3 is 11.1 Å². The highest BCUT2D eigenvalue weighted by atomic mass is 19.1. The van der Waals surface area contributed by atoms with E-state index in [9.17, 15) is 4.39 Å². The number of rotatable bonds is 4. The number of nitrogens with one attached hydrogen (secondary N) is 1. The van der Waals surface area contributed by atoms with Crippen molar-refractivity contribution < 1.29 is 4.39 Å². The molecule has 1 aromatic carbocycles. The van der Waals surface area contributed by atoms with Crippen molar-refractivity contribution in [2.24, 2.45) is 10.7 Å². The molecule has 0 atom stereocenters. The number of hydrogen-bond acceptors (Lipinski definition) is 2. The van der Waals surface area contributed by atoms with Gasteiger partial charge in [-0.1, -0.05) is 0 Å². The molecule has 0 bridgehead atoms. The molecule has 1 aliphatic rings. The summed E-state index contributed by atoms with van der Waals surface area (Å²) in [7, 11) is 0. The van der Waals surface area contributed by atoms with Crippen LogP contribution in [-0.2, 0) is 6.54 Å². The number of aryl methyl sites for hydroxylation is 1. The van der Waals surface area contributed by atoms with Gasteiger partial charge in [-0.05, 0) is 44.0 Å². The second-order valence-electron chi connectivity index (χ2n) is 5.28. The van der Waals surface area contributed by atoms with Crippen molar-refractivity contribution in [3.8, 4) is 5.69 Å². The molecule has 3 rings (SSSR count). The molecule has 0 unspecified atom stereocenters. The summed E-state index contributed by atoms with van der Waals surface area (Å²) in [6.45, 7) is 2.41. The second kappa shape index (κ2) is 5.55. The number of aromatic nitrogens is 2. The van der Waals surface area contributed by atoms with Crippen LogP contribution < -0.4 is 11.1 Å². The highest BCUT2D eigenvalue weighted by Crippen LogP contribution is 2.18. The summed E-state index contributed by atoms with van der Waals surface area (Å²) in [6, 6.07) is 6.72. The van der Waals surface area contributed by atoms with E-state index in [2.05, 4.69) is 15.4 Å². The highest BCUT2D eigenvalue weighted by Gasteiger charge is 2.21. The molecule has 0 amide bonds. The normalized spacial score (nSPS) is 15.2. The van der Waals surface area contributed by atoms with E-state index in [0.717, 1.165) is 29.8 Å². The molecule has 6 heteroatoms. The third kappa shape index (κ3) is 3.39. The molecule has 21 heavy (non-hydrogen) atoms. The van der Waals surface area contributed by atoms with Crippen LogP contribution in [0.5, 0.6) is 0 Å². The lowest BCUT2D eigenvalue weighted by molar-refractivity contribution is 0.627. The molecule has 1 aliphatic carbocycles. The number of aliphatic imine (C=N–C) groups is 1. The molecule has 1 aromatic heterocycles. The molecule has 2 aromatic rings. The molecule has 3 N–H and O–H groups in total. The summed E-state index contributed by atoms with van der Waals surface area (Å²) in [6.07, 6.45) is 4.23. The number of nitrogens with two attached hydrogens (primary N) is 1. The minimum absolute atomic E-state index is 0.258. The molecular weight excluding hydrogens is 269 g/mol. The Morgan fingerprint density at radius 1 is 1.43 bits per heavy atom. The first-order valence-corrected chi connectivity index (χ1v) is 6.99. The molecule has 0 radical (unpaired) electrons. The average molecular weight is 287 g/mol. The molecule has 0 aliphatic heterocycles. The molecule has 1 fully saturated rings. The number of benzene rings is 1. The summed E-state index contributed by atoms with van der Waals surface area (Å²) in [5, 5.41) is 7.57. The lowest BCUT2D eigenvalue weighted by atomic mass is 10.2. The van der Waals surface area contributed by atoms with Gasteiger partial charge in [-0.3, -0.25) is 0 Å². The highest BCUT2D eigenvalue weighted by molar-refractivity contribution is 5.78. The van der Waals surface area contributed by atoms with Crippen LogP contribution in [0.15, 0.2) is 35.5 Å². The molecule has 0 saturated heterocycles. The van der Waals surface area contributed by atoms with Gasteiger partial charge in [0, 0.05) is 17.8 Å². The van der Waals surface area contributed by atoms with Crippen LogP contribution in [0.25, 0.3) is 5.69 Å². The Hall–Kier alpha value is -2.37. The van der Waals surface area contributed by atoms with Crippen LogP contribution in [-0.4, -0.2) is 21.8 Å². The first kappa shape index (κ1) is 13.6. The largest absolute Gasteiger partial charge is 0.370 e. The molecular formula is C15H18FN5. The van der Waals surface area contributed by atoms with Crippen molar-refractivity contribution in [1.82, 2.24) is 15.1 Å². The number of nitrogens with zero attached hydrogens (tertiary/aromatic N) is 3. The van der Waals surface area contributed by atoms with Crippen molar-refractivity contribution in [3.63, 3.8) is 0 Å². The van der Waals surface area contributed by atoms with Crippen molar-refractivity contribution in [1.29, 1.82) is 0 Å². The van der Waals surface area contributed by atoms with Crippen molar-refractivity contribution in [3.05, 3.63) is 47.5 Å². The average Bonchev–Trinajstić information content (AvgIpc) is 3.19. The number of halogens is 1. The zero-order valence-electron chi connectivity index (χ0n) is 11.9. The van der Waals surface area contributed by atoms with E-state index in [1.807, 2.05) is 13.1 Å². The van der Waals surface area contributed by atoms with Crippen LogP contribution in [0, 0.1) is 12.7 Å². The zero-order valence-corrected chi connectivity index (χ0v) is 11.9. The van der Waals surface area contributed by atoms with Crippen LogP contribution in [0.3, 0.4) is 0 Å². The van der Waals surface area contributed by atoms with E-state index in [1.165, 1.54) is 12.1 Å². The maximum atomic E-state index is 12.9. The molecule has 110 valence electrons. The molecule has 0 spiro atoms. The van der Waals surface area contributed by atoms with Gasteiger partial charge in [0.2, 0.25) is 0 Å². The molecule has 5 nitrogen and oxygen atoms in total. The van der Waals surface area contributed by atoms with Gasteiger partial charge in [0.15, 0.2) is 5.96 Å². The summed E-state index contributed by atoms with van der Waals surface area (Å²) >= 11 is 0. The Bertz CT molecular complexity index is 655. The monoisotopic (exact) mass is 287 g/mol. The van der Waals surface area contributed by atoms with Gasteiger partial charge >= 0.3 is 0 Å². The van der Waals surface area contributed by atoms with Crippen molar-refractivity contribution in [2.45, 2.75) is 32.4 Å². The summed E-state index contributed by atoms with van der Waals surface area (Å²) in [5.41, 5.74) is 8.53. The number of hydrogen-bond donors (Lipinski definition) is 2. The zero-order chi connectivity index (χ0) is 14.8. The fourth-order valence-corrected chi connectivity index (χ4v) is 2.03. The minimum atomic E-state index is -0.258. The predicted molar refractivity (Wildman–Crippen MR) is 79.7 cm³/mol. The van der Waals surface area contributed by atoms with E-state index in [1.54, 1.807) is 16.8 Å². The summed E-state index contributed by atoms with van der Waals surface area (Å²) < 4.78 is 14.7. The summed E-state index contributed by atoms with van der Waals surface area (Å²) in [4.78, 5) is 4.33. The van der Waals surface area contributed by atoms with E-state index >= 15 is 0 Å². The minimum Gasteiger partial charge on any atom is -0.370 e. The van der Waals surface area contributed by atoms with E-state index in [4.69, 9.17) is 5.73 Å². The predicted octanol–water partition coefficient (Wildman–Crippen LogP) is 1.89. The fourth-order valence-electron chi connectivity index (χ4n) is 2.03. The lowest BCUT2D eigenvalue weighted by Crippen LogP contribution is -2.33. The Balaban J connectivity index is 1.73. The summed E-state index contributed by atoms with van der Waals surface area (Å²) in [5.74, 6) is 0.220. The molecule has 1 heterocycles. The second-order valence-corrected chi connectivity index (χ2v) is 5.28. The van der Waals surface area contributed by atoms with Crippen LogP contribution in [0.1, 0.15) is 24.1 Å². The van der Waals surface area contributed by atoms with Gasteiger partial charge in [0.05, 0.1) is 17.9 Å². The quantitative estimate of drug-likeness (QED) is 0.666. The maximum absolute atomic E-state index is 12.9. The van der Waals surface area contributed by atoms with E-state index < -0.39 is 0 Å². The SMILES string of the molecule is Cc1nn(-c2ccc(F)cc2)cc1CN=C(N)NC1CC1. The van der Waals surface area contributed by atoms with Gasteiger partial charge in [0.1, 0.15) is 5.82 Å². The van der Waals surface area contributed by atoms with Crippen molar-refractivity contribution in [2.75, 3.05) is 0 Å². The Kier molecular flexibility index (Phi) is 3.60. The van der Waals surface area contributed by atoms with Crippen LogP contribution in [0.4, 0.5) is 4.39 Å². The topological polar surface area (TPSA) is 68.2 Å². The van der Waals surface area contributed by atoms with Gasteiger partial charge in [-0.25, -0.2) is 14.1 Å². The van der Waals surface area contributed by atoms with Crippen LogP contribution in [0.2, 0.25) is 0 Å². The third-order valence-corrected chi connectivity index (χ3v) is 3.44. The molecule has 1 saturated carbocycles. The number of guanidine groups is 1. The first-order valence-electron chi connectivity index (χ1n) is 6.99. The third-order valence-electron chi connectivity index (χ3n) is 3.44. The maximum Gasteiger partial charge on any atom is 0.189 e. The van der Waals surface area contributed by atoms with Crippen molar-refractivity contribution >= 4 is 5.96 Å². The Morgan fingerprint density at radius 2 is 2.14 bits per heavy atom. The first-order chi connectivity index (χ1) is 10.1. The lowest BCUT2D eigenvalue weighted by Gasteiger charge is -2.02.